The maximum atomic E-state index is 12.0. The normalized spacial score (nSPS) is 10.7. The van der Waals surface area contributed by atoms with E-state index >= 15 is 0 Å². The van der Waals surface area contributed by atoms with Gasteiger partial charge in [0, 0.05) is 11.4 Å². The van der Waals surface area contributed by atoms with Crippen LogP contribution in [0.25, 0.3) is 16.4 Å². The summed E-state index contributed by atoms with van der Waals surface area (Å²) in [5, 5.41) is 13.5. The van der Waals surface area contributed by atoms with Gasteiger partial charge in [0.15, 0.2) is 5.69 Å². The molecule has 2 heterocycles. The summed E-state index contributed by atoms with van der Waals surface area (Å²) in [5.74, 6) is -1.11. The summed E-state index contributed by atoms with van der Waals surface area (Å²) in [6.45, 7) is 1.99. The van der Waals surface area contributed by atoms with Crippen LogP contribution >= 0.6 is 11.3 Å². The number of hydrogen-bond donors (Lipinski definition) is 2. The van der Waals surface area contributed by atoms with Crippen molar-refractivity contribution < 1.29 is 9.90 Å². The molecule has 0 unspecified atom stereocenters. The second-order valence-corrected chi connectivity index (χ2v) is 5.37. The number of nitrogens with one attached hydrogen (secondary N) is 1. The monoisotopic (exact) mass is 301 g/mol. The van der Waals surface area contributed by atoms with Crippen molar-refractivity contribution in [3.63, 3.8) is 0 Å². The van der Waals surface area contributed by atoms with Crippen molar-refractivity contribution in [3.05, 3.63) is 57.3 Å². The van der Waals surface area contributed by atoms with E-state index in [1.54, 1.807) is 0 Å². The molecule has 0 aliphatic rings. The first-order valence-electron chi connectivity index (χ1n) is 6.13. The fourth-order valence-electron chi connectivity index (χ4n) is 1.88. The van der Waals surface area contributed by atoms with Crippen LogP contribution in [0, 0.1) is 6.92 Å². The van der Waals surface area contributed by atoms with Crippen LogP contribution in [0.5, 0.6) is 0 Å². The van der Waals surface area contributed by atoms with Crippen LogP contribution in [0.1, 0.15) is 16.1 Å². The standard InChI is InChI=1S/C14H11N3O3S/c1-8-2-4-9(5-3-8)10-6-12(18)17(16-10)14-15-11(7-21-14)13(19)20/h2-7,16H,1H3,(H,19,20). The summed E-state index contributed by atoms with van der Waals surface area (Å²) in [5.41, 5.74) is 2.32. The van der Waals surface area contributed by atoms with Crippen LogP contribution in [0.4, 0.5) is 0 Å². The van der Waals surface area contributed by atoms with Gasteiger partial charge in [-0.2, -0.15) is 4.68 Å². The van der Waals surface area contributed by atoms with Crippen molar-refractivity contribution in [2.24, 2.45) is 0 Å². The molecular weight excluding hydrogens is 290 g/mol. The summed E-state index contributed by atoms with van der Waals surface area (Å²) in [4.78, 5) is 26.8. The predicted octanol–water partition coefficient (Wildman–Crippen LogP) is 2.30. The first kappa shape index (κ1) is 13.3. The molecule has 106 valence electrons. The number of aryl methyl sites for hydroxylation is 1. The lowest BCUT2D eigenvalue weighted by Gasteiger charge is -1.99. The number of carbonyl (C=O) groups is 1. The second-order valence-electron chi connectivity index (χ2n) is 4.53. The third-order valence-electron chi connectivity index (χ3n) is 2.99. The zero-order valence-corrected chi connectivity index (χ0v) is 11.8. The van der Waals surface area contributed by atoms with Gasteiger partial charge < -0.3 is 5.11 Å². The van der Waals surface area contributed by atoms with Gasteiger partial charge in [-0.15, -0.1) is 11.3 Å². The van der Waals surface area contributed by atoms with E-state index in [0.29, 0.717) is 10.8 Å². The molecule has 1 aromatic carbocycles. The van der Waals surface area contributed by atoms with Crippen molar-refractivity contribution in [3.8, 4) is 16.4 Å². The van der Waals surface area contributed by atoms with Crippen LogP contribution in [0.15, 0.2) is 40.5 Å². The Morgan fingerprint density at radius 3 is 2.67 bits per heavy atom. The second kappa shape index (κ2) is 5.02. The largest absolute Gasteiger partial charge is 0.476 e. The number of thiazole rings is 1. The highest BCUT2D eigenvalue weighted by Gasteiger charge is 2.13. The van der Waals surface area contributed by atoms with E-state index in [1.165, 1.54) is 16.1 Å². The lowest BCUT2D eigenvalue weighted by Crippen LogP contribution is -2.13. The Bertz CT molecular complexity index is 858. The zero-order valence-electron chi connectivity index (χ0n) is 11.0. The molecule has 2 N–H and O–H groups in total. The number of nitrogens with zero attached hydrogens (tertiary/aromatic N) is 2. The number of aromatic nitrogens is 3. The van der Waals surface area contributed by atoms with E-state index in [9.17, 15) is 9.59 Å². The lowest BCUT2D eigenvalue weighted by atomic mass is 10.1. The number of rotatable bonds is 3. The molecule has 21 heavy (non-hydrogen) atoms. The Morgan fingerprint density at radius 2 is 2.05 bits per heavy atom. The Labute approximate surface area is 123 Å². The zero-order chi connectivity index (χ0) is 15.0. The Morgan fingerprint density at radius 1 is 1.33 bits per heavy atom. The van der Waals surface area contributed by atoms with Crippen LogP contribution in [0.2, 0.25) is 0 Å². The molecule has 0 bridgehead atoms. The minimum atomic E-state index is -1.11. The van der Waals surface area contributed by atoms with E-state index in [0.717, 1.165) is 22.5 Å². The molecule has 2 aromatic heterocycles. The number of aromatic amines is 1. The van der Waals surface area contributed by atoms with Crippen LogP contribution in [-0.2, 0) is 0 Å². The molecule has 0 saturated heterocycles. The molecule has 0 aliphatic carbocycles. The third kappa shape index (κ3) is 2.50. The van der Waals surface area contributed by atoms with Gasteiger partial charge in [0.05, 0.1) is 5.69 Å². The molecule has 0 amide bonds. The van der Waals surface area contributed by atoms with Gasteiger partial charge in [-0.05, 0) is 12.5 Å². The highest BCUT2D eigenvalue weighted by Crippen LogP contribution is 2.18. The smallest absolute Gasteiger partial charge is 0.355 e. The fraction of sp³-hybridized carbons (Fsp3) is 0.0714. The van der Waals surface area contributed by atoms with Crippen molar-refractivity contribution >= 4 is 17.3 Å². The van der Waals surface area contributed by atoms with Crippen molar-refractivity contribution in [2.45, 2.75) is 6.92 Å². The Kier molecular flexibility index (Phi) is 3.19. The van der Waals surface area contributed by atoms with Crippen LogP contribution in [-0.4, -0.2) is 25.8 Å². The topological polar surface area (TPSA) is 88.0 Å². The minimum absolute atomic E-state index is 0.0756. The fourth-order valence-corrected chi connectivity index (χ4v) is 2.65. The van der Waals surface area contributed by atoms with E-state index in [4.69, 9.17) is 5.11 Å². The van der Waals surface area contributed by atoms with Gasteiger partial charge >= 0.3 is 5.97 Å². The summed E-state index contributed by atoms with van der Waals surface area (Å²) in [7, 11) is 0. The molecule has 0 saturated carbocycles. The number of H-pyrrole nitrogens is 1. The highest BCUT2D eigenvalue weighted by atomic mass is 32.1. The summed E-state index contributed by atoms with van der Waals surface area (Å²) >= 11 is 1.10. The molecule has 3 rings (SSSR count). The third-order valence-corrected chi connectivity index (χ3v) is 3.81. The van der Waals surface area contributed by atoms with E-state index in [2.05, 4.69) is 10.1 Å². The first-order chi connectivity index (χ1) is 10.0. The number of aromatic carboxylic acids is 1. The van der Waals surface area contributed by atoms with E-state index < -0.39 is 5.97 Å². The summed E-state index contributed by atoms with van der Waals surface area (Å²) in [6.07, 6.45) is 0. The molecular formula is C14H11N3O3S. The van der Waals surface area contributed by atoms with Crippen molar-refractivity contribution in [1.29, 1.82) is 0 Å². The summed E-state index contributed by atoms with van der Waals surface area (Å²) in [6, 6.07) is 9.20. The number of benzene rings is 1. The molecule has 0 aliphatic heterocycles. The van der Waals surface area contributed by atoms with Crippen molar-refractivity contribution in [2.75, 3.05) is 0 Å². The Hall–Kier alpha value is -2.67. The molecule has 6 nitrogen and oxygen atoms in total. The van der Waals surface area contributed by atoms with E-state index in [-0.39, 0.29) is 11.3 Å². The van der Waals surface area contributed by atoms with Crippen LogP contribution < -0.4 is 5.56 Å². The van der Waals surface area contributed by atoms with Gasteiger partial charge in [0.2, 0.25) is 5.13 Å². The minimum Gasteiger partial charge on any atom is -0.476 e. The highest BCUT2D eigenvalue weighted by molar-refractivity contribution is 7.12. The SMILES string of the molecule is Cc1ccc(-c2cc(=O)n(-c3nc(C(=O)O)cs3)[nH]2)cc1. The molecule has 0 spiro atoms. The number of carboxylic acids is 1. The van der Waals surface area contributed by atoms with Gasteiger partial charge in [-0.3, -0.25) is 9.89 Å². The maximum absolute atomic E-state index is 12.0. The van der Waals surface area contributed by atoms with Gasteiger partial charge in [0.25, 0.3) is 5.56 Å². The summed E-state index contributed by atoms with van der Waals surface area (Å²) < 4.78 is 1.24. The van der Waals surface area contributed by atoms with Crippen molar-refractivity contribution in [1.82, 2.24) is 14.8 Å². The predicted molar refractivity (Wildman–Crippen MR) is 79.2 cm³/mol. The van der Waals surface area contributed by atoms with E-state index in [1.807, 2.05) is 31.2 Å². The molecule has 7 heteroatoms. The molecule has 3 aromatic rings. The molecule has 0 atom stereocenters. The molecule has 0 fully saturated rings. The van der Waals surface area contributed by atoms with Gasteiger partial charge in [-0.25, -0.2) is 9.78 Å². The van der Waals surface area contributed by atoms with Gasteiger partial charge in [-0.1, -0.05) is 29.8 Å². The quantitative estimate of drug-likeness (QED) is 0.777. The average Bonchev–Trinajstić information content (AvgIpc) is 3.06. The first-order valence-corrected chi connectivity index (χ1v) is 7.01. The Balaban J connectivity index is 2.03. The van der Waals surface area contributed by atoms with Crippen LogP contribution in [0.3, 0.4) is 0 Å². The lowest BCUT2D eigenvalue weighted by molar-refractivity contribution is 0.0691. The number of carboxylic acid groups (broad SMARTS) is 1. The average molecular weight is 301 g/mol. The maximum Gasteiger partial charge on any atom is 0.355 e. The molecule has 0 radical (unpaired) electrons. The number of hydrogen-bond acceptors (Lipinski definition) is 4. The van der Waals surface area contributed by atoms with Gasteiger partial charge in [0.1, 0.15) is 0 Å².